The van der Waals surface area contributed by atoms with Gasteiger partial charge in [0.25, 0.3) is 11.8 Å². The molecule has 1 aromatic heterocycles. The van der Waals surface area contributed by atoms with Crippen LogP contribution >= 0.6 is 0 Å². The Morgan fingerprint density at radius 1 is 1.18 bits per heavy atom. The number of carbonyl (C=O) groups is 2. The highest BCUT2D eigenvalue weighted by Crippen LogP contribution is 2.55. The summed E-state index contributed by atoms with van der Waals surface area (Å²) in [6, 6.07) is 3.64. The number of allylic oxidation sites excluding steroid dienone is 2. The number of primary amides is 1. The van der Waals surface area contributed by atoms with Gasteiger partial charge in [-0.1, -0.05) is 19.6 Å². The summed E-state index contributed by atoms with van der Waals surface area (Å²) in [6.07, 6.45) is -10.2. The van der Waals surface area contributed by atoms with Gasteiger partial charge in [0.15, 0.2) is 17.2 Å². The van der Waals surface area contributed by atoms with Crippen molar-refractivity contribution in [3.63, 3.8) is 0 Å². The average Bonchev–Trinajstić information content (AvgIpc) is 3.13. The third-order valence-electron chi connectivity index (χ3n) is 6.47. The minimum absolute atomic E-state index is 0.0974. The van der Waals surface area contributed by atoms with Crippen molar-refractivity contribution in [2.75, 3.05) is 5.32 Å². The van der Waals surface area contributed by atoms with E-state index < -0.39 is 76.2 Å². The van der Waals surface area contributed by atoms with E-state index in [1.807, 2.05) is 0 Å². The van der Waals surface area contributed by atoms with Crippen molar-refractivity contribution in [1.29, 1.82) is 0 Å². The lowest BCUT2D eigenvalue weighted by molar-refractivity contribution is -0.272. The number of nitrogens with one attached hydrogen (secondary N) is 1. The van der Waals surface area contributed by atoms with Crippen LogP contribution in [0.5, 0.6) is 5.75 Å². The number of nitrogens with two attached hydrogens (primary N) is 1. The van der Waals surface area contributed by atoms with Crippen LogP contribution in [0.1, 0.15) is 35.8 Å². The number of hydrogen-bond donors (Lipinski definition) is 2. The molecule has 2 aromatic rings. The highest BCUT2D eigenvalue weighted by Gasteiger charge is 2.66. The molecule has 3 N–H and O–H groups in total. The van der Waals surface area contributed by atoms with Crippen LogP contribution in [-0.4, -0.2) is 40.9 Å². The maximum Gasteiger partial charge on any atom is 0.417 e. The first-order valence-corrected chi connectivity index (χ1v) is 11.3. The first-order valence-electron chi connectivity index (χ1n) is 11.3. The molecule has 1 aliphatic rings. The Balaban J connectivity index is 2.09. The predicted molar refractivity (Wildman–Crippen MR) is 124 cm³/mol. The van der Waals surface area contributed by atoms with Crippen molar-refractivity contribution in [3.05, 3.63) is 77.8 Å². The zero-order valence-electron chi connectivity index (χ0n) is 20.7. The SMILES string of the molecule is C=C(/C=C/Oc1c([C@H]2[C@H](C(=O)Nc3ccnc(C(N)=O)c3)O[C@@](C)(C(F)(F)F)[C@H]2C)ccc(F)c1F)C(F)(F)F. The lowest BCUT2D eigenvalue weighted by Gasteiger charge is -2.32. The van der Waals surface area contributed by atoms with E-state index in [9.17, 15) is 44.7 Å². The highest BCUT2D eigenvalue weighted by atomic mass is 19.4. The molecule has 0 aliphatic carbocycles. The van der Waals surface area contributed by atoms with Gasteiger partial charge in [-0.2, -0.15) is 30.7 Å². The number of benzene rings is 1. The van der Waals surface area contributed by atoms with Crippen LogP contribution in [0.15, 0.2) is 55.0 Å². The van der Waals surface area contributed by atoms with Crippen LogP contribution in [0.25, 0.3) is 0 Å². The number of hydrogen-bond acceptors (Lipinski definition) is 5. The van der Waals surface area contributed by atoms with Crippen molar-refractivity contribution in [2.45, 2.75) is 43.8 Å². The summed E-state index contributed by atoms with van der Waals surface area (Å²) in [5, 5.41) is 2.27. The third kappa shape index (κ3) is 5.93. The van der Waals surface area contributed by atoms with E-state index >= 15 is 0 Å². The summed E-state index contributed by atoms with van der Waals surface area (Å²) < 4.78 is 120. The third-order valence-corrected chi connectivity index (χ3v) is 6.47. The summed E-state index contributed by atoms with van der Waals surface area (Å²) >= 11 is 0. The predicted octanol–water partition coefficient (Wildman–Crippen LogP) is 5.55. The summed E-state index contributed by atoms with van der Waals surface area (Å²) in [7, 11) is 0. The largest absolute Gasteiger partial charge is 0.461 e. The Kier molecular flexibility index (Phi) is 8.29. The van der Waals surface area contributed by atoms with Crippen molar-refractivity contribution in [3.8, 4) is 5.75 Å². The van der Waals surface area contributed by atoms with E-state index in [0.29, 0.717) is 25.3 Å². The van der Waals surface area contributed by atoms with Gasteiger partial charge in [-0.05, 0) is 31.2 Å². The number of aromatic nitrogens is 1. The molecule has 3 rings (SSSR count). The maximum atomic E-state index is 14.8. The molecule has 7 nitrogen and oxygen atoms in total. The molecule has 0 spiro atoms. The molecule has 15 heteroatoms. The molecule has 0 unspecified atom stereocenters. The fourth-order valence-corrected chi connectivity index (χ4v) is 4.09. The van der Waals surface area contributed by atoms with Crippen molar-refractivity contribution < 1.29 is 54.2 Å². The number of pyridine rings is 1. The topological polar surface area (TPSA) is 104 Å². The van der Waals surface area contributed by atoms with Crippen LogP contribution in [0.3, 0.4) is 0 Å². The number of nitrogens with zero attached hydrogens (tertiary/aromatic N) is 1. The molecule has 1 saturated heterocycles. The number of anilines is 1. The number of alkyl halides is 6. The molecular formula is C25H21F8N3O4. The standard InChI is InChI=1S/C25H21F8N3O4/c1-11(24(28,29)30)7-9-39-19-14(4-5-15(26)18(19)27)17-12(2)23(3,25(31,32)33)40-20(17)22(38)36-13-6-8-35-16(10-13)21(34)37/h4-10,12,17,20H,1H2,2-3H3,(H2,34,37)(H,35,36,38)/b9-7+/t12-,17-,20+,23+/m0/s1. The Morgan fingerprint density at radius 3 is 2.40 bits per heavy atom. The van der Waals surface area contributed by atoms with E-state index in [4.69, 9.17) is 15.2 Å². The molecule has 1 fully saturated rings. The minimum Gasteiger partial charge on any atom is -0.461 e. The number of halogens is 8. The fraction of sp³-hybridized carbons (Fsp3) is 0.320. The Morgan fingerprint density at radius 2 is 1.82 bits per heavy atom. The normalized spacial score (nSPS) is 23.3. The quantitative estimate of drug-likeness (QED) is 0.255. The van der Waals surface area contributed by atoms with E-state index in [-0.39, 0.29) is 11.4 Å². The number of amides is 2. The van der Waals surface area contributed by atoms with Crippen LogP contribution in [-0.2, 0) is 9.53 Å². The smallest absolute Gasteiger partial charge is 0.417 e. The van der Waals surface area contributed by atoms with E-state index in [1.165, 1.54) is 6.07 Å². The molecule has 1 aliphatic heterocycles. The van der Waals surface area contributed by atoms with Gasteiger partial charge in [-0.3, -0.25) is 14.6 Å². The summed E-state index contributed by atoms with van der Waals surface area (Å²) in [6.45, 7) is 4.46. The van der Waals surface area contributed by atoms with E-state index in [0.717, 1.165) is 25.3 Å². The van der Waals surface area contributed by atoms with Gasteiger partial charge in [0.05, 0.1) is 11.8 Å². The van der Waals surface area contributed by atoms with Crippen molar-refractivity contribution in [1.82, 2.24) is 4.98 Å². The molecule has 1 aromatic carbocycles. The molecule has 0 saturated carbocycles. The summed E-state index contributed by atoms with van der Waals surface area (Å²) in [5.74, 6) is -9.75. The van der Waals surface area contributed by atoms with Gasteiger partial charge in [0.1, 0.15) is 11.8 Å². The second-order valence-electron chi connectivity index (χ2n) is 8.96. The van der Waals surface area contributed by atoms with Crippen molar-refractivity contribution in [2.24, 2.45) is 11.7 Å². The van der Waals surface area contributed by atoms with Gasteiger partial charge in [-0.15, -0.1) is 0 Å². The molecule has 2 amide bonds. The number of ether oxygens (including phenoxy) is 2. The lowest BCUT2D eigenvalue weighted by Crippen LogP contribution is -2.47. The van der Waals surface area contributed by atoms with Gasteiger partial charge < -0.3 is 20.5 Å². The Bertz CT molecular complexity index is 1360. The zero-order valence-corrected chi connectivity index (χ0v) is 20.7. The average molecular weight is 579 g/mol. The molecule has 0 radical (unpaired) electrons. The van der Waals surface area contributed by atoms with E-state index in [2.05, 4.69) is 16.9 Å². The van der Waals surface area contributed by atoms with Crippen LogP contribution < -0.4 is 15.8 Å². The highest BCUT2D eigenvalue weighted by molar-refractivity contribution is 5.97. The number of carbonyl (C=O) groups excluding carboxylic acids is 2. The van der Waals surface area contributed by atoms with Gasteiger partial charge in [-0.25, -0.2) is 4.39 Å². The Hall–Kier alpha value is -4.01. The number of rotatable bonds is 7. The molecule has 4 atom stereocenters. The monoisotopic (exact) mass is 579 g/mol. The van der Waals surface area contributed by atoms with Gasteiger partial charge >= 0.3 is 12.4 Å². The molecule has 40 heavy (non-hydrogen) atoms. The molecule has 2 heterocycles. The van der Waals surface area contributed by atoms with Gasteiger partial charge in [0.2, 0.25) is 5.82 Å². The zero-order chi connectivity index (χ0) is 30.2. The fourth-order valence-electron chi connectivity index (χ4n) is 4.09. The molecule has 216 valence electrons. The molecular weight excluding hydrogens is 558 g/mol. The van der Waals surface area contributed by atoms with Crippen molar-refractivity contribution >= 4 is 17.5 Å². The van der Waals surface area contributed by atoms with E-state index in [1.54, 1.807) is 0 Å². The van der Waals surface area contributed by atoms with Crippen LogP contribution in [0.2, 0.25) is 0 Å². The first-order chi connectivity index (χ1) is 18.4. The maximum absolute atomic E-state index is 14.8. The first kappa shape index (κ1) is 30.5. The Labute approximate surface area is 221 Å². The molecule has 0 bridgehead atoms. The van der Waals surface area contributed by atoms with Gasteiger partial charge in [0, 0.05) is 29.3 Å². The van der Waals surface area contributed by atoms with Crippen LogP contribution in [0, 0.1) is 17.6 Å². The summed E-state index contributed by atoms with van der Waals surface area (Å²) in [4.78, 5) is 28.3. The minimum atomic E-state index is -5.06. The second-order valence-corrected chi connectivity index (χ2v) is 8.96. The van der Waals surface area contributed by atoms with Crippen LogP contribution in [0.4, 0.5) is 40.8 Å². The lowest BCUT2D eigenvalue weighted by atomic mass is 9.77. The summed E-state index contributed by atoms with van der Waals surface area (Å²) in [5.41, 5.74) is -0.130. The second kappa shape index (κ2) is 10.9.